The van der Waals surface area contributed by atoms with E-state index in [4.69, 9.17) is 4.74 Å². The van der Waals surface area contributed by atoms with Gasteiger partial charge in [0.1, 0.15) is 0 Å². The van der Waals surface area contributed by atoms with E-state index in [2.05, 4.69) is 10.6 Å². The van der Waals surface area contributed by atoms with E-state index in [0.717, 1.165) is 5.56 Å². The van der Waals surface area contributed by atoms with E-state index in [1.807, 2.05) is 0 Å². The number of nitrogens with one attached hydrogen (secondary N) is 2. The molecule has 0 radical (unpaired) electrons. The Balaban J connectivity index is 2.25. The summed E-state index contributed by atoms with van der Waals surface area (Å²) < 4.78 is 4.99. The number of urea groups is 1. The molecule has 0 unspecified atom stereocenters. The van der Waals surface area contributed by atoms with Gasteiger partial charge in [-0.15, -0.1) is 0 Å². The molecule has 1 aromatic carbocycles. The summed E-state index contributed by atoms with van der Waals surface area (Å²) in [5, 5.41) is 14.8. The fraction of sp³-hybridized carbons (Fsp3) is 0.300. The van der Waals surface area contributed by atoms with Crippen LogP contribution in [0.1, 0.15) is 11.6 Å². The molecule has 0 spiro atoms. The Bertz CT molecular complexity index is 392. The third-order valence-electron chi connectivity index (χ3n) is 2.38. The number of aromatic hydroxyl groups is 1. The first-order valence-corrected chi connectivity index (χ1v) is 4.62. The minimum absolute atomic E-state index is 0.0630. The monoisotopic (exact) mass is 208 g/mol. The molecule has 0 aliphatic carbocycles. The normalized spacial score (nSPS) is 19.5. The summed E-state index contributed by atoms with van der Waals surface area (Å²) in [6.45, 7) is 0.548. The smallest absolute Gasteiger partial charge is 0.315 e. The minimum Gasteiger partial charge on any atom is -0.504 e. The molecule has 1 aliphatic rings. The zero-order valence-corrected chi connectivity index (χ0v) is 8.28. The average molecular weight is 208 g/mol. The molecule has 15 heavy (non-hydrogen) atoms. The van der Waals surface area contributed by atoms with E-state index in [0.29, 0.717) is 12.3 Å². The third kappa shape index (κ3) is 1.81. The molecule has 1 heterocycles. The van der Waals surface area contributed by atoms with Gasteiger partial charge in [0.05, 0.1) is 13.2 Å². The number of carbonyl (C=O) groups excluding carboxylic acids is 1. The van der Waals surface area contributed by atoms with Gasteiger partial charge in [0, 0.05) is 6.54 Å². The predicted octanol–water partition coefficient (Wildman–Crippen LogP) is 0.755. The first-order chi connectivity index (χ1) is 7.20. The van der Waals surface area contributed by atoms with E-state index < -0.39 is 0 Å². The first-order valence-electron chi connectivity index (χ1n) is 4.62. The topological polar surface area (TPSA) is 70.6 Å². The van der Waals surface area contributed by atoms with Crippen molar-refractivity contribution in [3.05, 3.63) is 23.8 Å². The maximum absolute atomic E-state index is 10.9. The molecule has 5 heteroatoms. The van der Waals surface area contributed by atoms with Gasteiger partial charge in [0.15, 0.2) is 11.5 Å². The Kier molecular flexibility index (Phi) is 2.37. The van der Waals surface area contributed by atoms with Gasteiger partial charge in [0.2, 0.25) is 0 Å². The standard InChI is InChI=1S/C10H12N2O3/c1-15-9-4-6(2-3-8(9)13)7-5-11-10(14)12-7/h2-4,7,13H,5H2,1H3,(H2,11,12,14)/t7-/m1/s1. The van der Waals surface area contributed by atoms with Crippen LogP contribution in [0.2, 0.25) is 0 Å². The maximum Gasteiger partial charge on any atom is 0.315 e. The molecule has 1 atom stereocenters. The van der Waals surface area contributed by atoms with Gasteiger partial charge in [-0.1, -0.05) is 6.07 Å². The molecule has 1 fully saturated rings. The van der Waals surface area contributed by atoms with E-state index in [1.165, 1.54) is 7.11 Å². The summed E-state index contributed by atoms with van der Waals surface area (Å²) in [4.78, 5) is 10.9. The summed E-state index contributed by atoms with van der Waals surface area (Å²) in [7, 11) is 1.49. The van der Waals surface area contributed by atoms with E-state index in [9.17, 15) is 9.90 Å². The summed E-state index contributed by atoms with van der Waals surface area (Å²) in [5.41, 5.74) is 0.906. The molecule has 0 bridgehead atoms. The van der Waals surface area contributed by atoms with Gasteiger partial charge >= 0.3 is 6.03 Å². The molecule has 1 saturated heterocycles. The van der Waals surface area contributed by atoms with Gasteiger partial charge in [-0.2, -0.15) is 0 Å². The van der Waals surface area contributed by atoms with Crippen molar-refractivity contribution >= 4 is 6.03 Å². The van der Waals surface area contributed by atoms with Crippen molar-refractivity contribution in [3.63, 3.8) is 0 Å². The molecule has 1 aliphatic heterocycles. The molecule has 80 valence electrons. The number of benzene rings is 1. The summed E-state index contributed by atoms with van der Waals surface area (Å²) in [5.74, 6) is 0.507. The number of carbonyl (C=O) groups is 1. The maximum atomic E-state index is 10.9. The molecule has 1 aromatic rings. The number of rotatable bonds is 2. The van der Waals surface area contributed by atoms with Crippen LogP contribution in [0.4, 0.5) is 4.79 Å². The minimum atomic E-state index is -0.174. The number of methoxy groups -OCH3 is 1. The second-order valence-electron chi connectivity index (χ2n) is 3.34. The fourth-order valence-corrected chi connectivity index (χ4v) is 1.57. The SMILES string of the molecule is COc1cc([C@H]2CNC(=O)N2)ccc1O. The summed E-state index contributed by atoms with van der Waals surface area (Å²) >= 11 is 0. The van der Waals surface area contributed by atoms with Gasteiger partial charge < -0.3 is 20.5 Å². The van der Waals surface area contributed by atoms with E-state index >= 15 is 0 Å². The Hall–Kier alpha value is -1.91. The van der Waals surface area contributed by atoms with Crippen LogP contribution in [-0.2, 0) is 0 Å². The lowest BCUT2D eigenvalue weighted by molar-refractivity contribution is 0.247. The molecule has 0 aromatic heterocycles. The summed E-state index contributed by atoms with van der Waals surface area (Å²) in [6, 6.07) is 4.79. The van der Waals surface area contributed by atoms with Crippen LogP contribution in [0.3, 0.4) is 0 Å². The number of phenolic OH excluding ortho intramolecular Hbond substituents is 1. The summed E-state index contributed by atoms with van der Waals surface area (Å²) in [6.07, 6.45) is 0. The van der Waals surface area contributed by atoms with Crippen LogP contribution in [0.25, 0.3) is 0 Å². The Morgan fingerprint density at radius 3 is 2.93 bits per heavy atom. The number of phenols is 1. The van der Waals surface area contributed by atoms with Crippen LogP contribution >= 0.6 is 0 Å². The molecular formula is C10H12N2O3. The molecule has 5 nitrogen and oxygen atoms in total. The largest absolute Gasteiger partial charge is 0.504 e. The van der Waals surface area contributed by atoms with Gasteiger partial charge in [0.25, 0.3) is 0 Å². The highest BCUT2D eigenvalue weighted by Gasteiger charge is 2.22. The zero-order valence-electron chi connectivity index (χ0n) is 8.28. The second-order valence-corrected chi connectivity index (χ2v) is 3.34. The second kappa shape index (κ2) is 3.68. The molecular weight excluding hydrogens is 196 g/mol. The van der Waals surface area contributed by atoms with Gasteiger partial charge in [-0.05, 0) is 17.7 Å². The van der Waals surface area contributed by atoms with Crippen LogP contribution in [0.5, 0.6) is 11.5 Å². The van der Waals surface area contributed by atoms with Crippen molar-refractivity contribution in [3.8, 4) is 11.5 Å². The molecule has 2 rings (SSSR count). The van der Waals surface area contributed by atoms with E-state index in [1.54, 1.807) is 18.2 Å². The van der Waals surface area contributed by atoms with Crippen molar-refractivity contribution in [1.29, 1.82) is 0 Å². The predicted molar refractivity (Wildman–Crippen MR) is 53.9 cm³/mol. The molecule has 0 saturated carbocycles. The number of ether oxygens (including phenoxy) is 1. The van der Waals surface area contributed by atoms with Crippen LogP contribution < -0.4 is 15.4 Å². The zero-order chi connectivity index (χ0) is 10.8. The highest BCUT2D eigenvalue weighted by molar-refractivity contribution is 5.77. The van der Waals surface area contributed by atoms with Crippen LogP contribution in [0.15, 0.2) is 18.2 Å². The van der Waals surface area contributed by atoms with Crippen molar-refractivity contribution < 1.29 is 14.6 Å². The lowest BCUT2D eigenvalue weighted by Gasteiger charge is -2.11. The van der Waals surface area contributed by atoms with Crippen molar-refractivity contribution in [1.82, 2.24) is 10.6 Å². The van der Waals surface area contributed by atoms with Crippen molar-refractivity contribution in [2.45, 2.75) is 6.04 Å². The Labute approximate surface area is 87.1 Å². The molecule has 3 N–H and O–H groups in total. The number of hydrogen-bond donors (Lipinski definition) is 3. The average Bonchev–Trinajstić information content (AvgIpc) is 2.66. The van der Waals surface area contributed by atoms with E-state index in [-0.39, 0.29) is 17.8 Å². The van der Waals surface area contributed by atoms with Crippen molar-refractivity contribution in [2.75, 3.05) is 13.7 Å². The highest BCUT2D eigenvalue weighted by atomic mass is 16.5. The van der Waals surface area contributed by atoms with Crippen LogP contribution in [-0.4, -0.2) is 24.8 Å². The third-order valence-corrected chi connectivity index (χ3v) is 2.38. The lowest BCUT2D eigenvalue weighted by atomic mass is 10.1. The van der Waals surface area contributed by atoms with Gasteiger partial charge in [-0.25, -0.2) is 4.79 Å². The first kappa shape index (κ1) is 9.64. The van der Waals surface area contributed by atoms with Gasteiger partial charge in [-0.3, -0.25) is 0 Å². The highest BCUT2D eigenvalue weighted by Crippen LogP contribution is 2.29. The van der Waals surface area contributed by atoms with Crippen molar-refractivity contribution in [2.24, 2.45) is 0 Å². The fourth-order valence-electron chi connectivity index (χ4n) is 1.57. The quantitative estimate of drug-likeness (QED) is 0.671. The Morgan fingerprint density at radius 2 is 2.33 bits per heavy atom. The molecule has 2 amide bonds. The Morgan fingerprint density at radius 1 is 1.53 bits per heavy atom. The van der Waals surface area contributed by atoms with Crippen LogP contribution in [0, 0.1) is 0 Å². The lowest BCUT2D eigenvalue weighted by Crippen LogP contribution is -2.21. The number of amides is 2. The number of hydrogen-bond acceptors (Lipinski definition) is 3.